The van der Waals surface area contributed by atoms with E-state index in [2.05, 4.69) is 15.3 Å². The van der Waals surface area contributed by atoms with E-state index >= 15 is 0 Å². The topological polar surface area (TPSA) is 64.1 Å². The van der Waals surface area contributed by atoms with Crippen molar-refractivity contribution in [3.05, 3.63) is 12.3 Å². The number of nitrogens with one attached hydrogen (secondary N) is 1. The Labute approximate surface area is 69.8 Å². The zero-order chi connectivity index (χ0) is 8.97. The van der Waals surface area contributed by atoms with Crippen molar-refractivity contribution in [3.8, 4) is 5.88 Å². The molecular weight excluding hydrogens is 158 g/mol. The SMILES string of the molecule is COc1ccnc(NC(C)=O)n1. The maximum absolute atomic E-state index is 10.6. The van der Waals surface area contributed by atoms with Crippen molar-refractivity contribution < 1.29 is 9.53 Å². The third-order valence-corrected chi connectivity index (χ3v) is 1.13. The van der Waals surface area contributed by atoms with Crippen LogP contribution in [0.15, 0.2) is 12.3 Å². The normalized spacial score (nSPS) is 9.17. The van der Waals surface area contributed by atoms with E-state index in [1.54, 1.807) is 6.07 Å². The fourth-order valence-electron chi connectivity index (χ4n) is 0.674. The number of rotatable bonds is 2. The number of hydrogen-bond donors (Lipinski definition) is 1. The molecule has 12 heavy (non-hydrogen) atoms. The lowest BCUT2D eigenvalue weighted by Crippen LogP contribution is -2.09. The van der Waals surface area contributed by atoms with E-state index in [1.165, 1.54) is 20.2 Å². The molecule has 0 fully saturated rings. The zero-order valence-electron chi connectivity index (χ0n) is 6.87. The molecule has 0 aliphatic rings. The Morgan fingerprint density at radius 1 is 1.67 bits per heavy atom. The second kappa shape index (κ2) is 3.66. The Bertz CT molecular complexity index is 288. The van der Waals surface area contributed by atoms with Gasteiger partial charge in [0.2, 0.25) is 17.7 Å². The van der Waals surface area contributed by atoms with Crippen LogP contribution in [0, 0.1) is 0 Å². The molecule has 0 bridgehead atoms. The zero-order valence-corrected chi connectivity index (χ0v) is 6.87. The largest absolute Gasteiger partial charge is 0.481 e. The van der Waals surface area contributed by atoms with Crippen LogP contribution in [0.4, 0.5) is 5.95 Å². The van der Waals surface area contributed by atoms with Crippen LogP contribution >= 0.6 is 0 Å². The molecule has 0 atom stereocenters. The maximum atomic E-state index is 10.6. The van der Waals surface area contributed by atoms with Gasteiger partial charge in [-0.05, 0) is 0 Å². The highest BCUT2D eigenvalue weighted by atomic mass is 16.5. The fraction of sp³-hybridized carbons (Fsp3) is 0.286. The molecule has 0 saturated heterocycles. The molecule has 0 unspecified atom stereocenters. The first-order chi connectivity index (χ1) is 5.72. The number of anilines is 1. The molecule has 1 rings (SSSR count). The minimum Gasteiger partial charge on any atom is -0.481 e. The van der Waals surface area contributed by atoms with E-state index in [9.17, 15) is 4.79 Å². The van der Waals surface area contributed by atoms with Gasteiger partial charge in [-0.15, -0.1) is 0 Å². The van der Waals surface area contributed by atoms with Crippen LogP contribution in [-0.4, -0.2) is 23.0 Å². The first-order valence-electron chi connectivity index (χ1n) is 3.37. The number of ether oxygens (including phenoxy) is 1. The lowest BCUT2D eigenvalue weighted by molar-refractivity contribution is -0.114. The van der Waals surface area contributed by atoms with Gasteiger partial charge < -0.3 is 4.74 Å². The second-order valence-corrected chi connectivity index (χ2v) is 2.10. The molecule has 64 valence electrons. The number of methoxy groups -OCH3 is 1. The van der Waals surface area contributed by atoms with Crippen molar-refractivity contribution in [3.63, 3.8) is 0 Å². The molecule has 1 N–H and O–H groups in total. The molecule has 1 aromatic heterocycles. The van der Waals surface area contributed by atoms with Crippen LogP contribution in [0.2, 0.25) is 0 Å². The minimum atomic E-state index is -0.205. The summed E-state index contributed by atoms with van der Waals surface area (Å²) >= 11 is 0. The first-order valence-corrected chi connectivity index (χ1v) is 3.37. The maximum Gasteiger partial charge on any atom is 0.232 e. The number of carbonyl (C=O) groups is 1. The molecular formula is C7H9N3O2. The van der Waals surface area contributed by atoms with E-state index in [-0.39, 0.29) is 11.9 Å². The highest BCUT2D eigenvalue weighted by Crippen LogP contribution is 2.06. The highest BCUT2D eigenvalue weighted by Gasteiger charge is 1.99. The lowest BCUT2D eigenvalue weighted by atomic mass is 10.6. The summed E-state index contributed by atoms with van der Waals surface area (Å²) in [5.41, 5.74) is 0. The van der Waals surface area contributed by atoms with E-state index in [0.29, 0.717) is 5.88 Å². The number of hydrogen-bond acceptors (Lipinski definition) is 4. The van der Waals surface area contributed by atoms with Crippen LogP contribution in [0.5, 0.6) is 5.88 Å². The van der Waals surface area contributed by atoms with Crippen molar-refractivity contribution >= 4 is 11.9 Å². The second-order valence-electron chi connectivity index (χ2n) is 2.10. The monoisotopic (exact) mass is 167 g/mol. The van der Waals surface area contributed by atoms with Gasteiger partial charge in [0, 0.05) is 19.2 Å². The molecule has 1 heterocycles. The predicted molar refractivity (Wildman–Crippen MR) is 42.9 cm³/mol. The third kappa shape index (κ3) is 2.19. The van der Waals surface area contributed by atoms with Gasteiger partial charge in [-0.25, -0.2) is 4.98 Å². The summed E-state index contributed by atoms with van der Waals surface area (Å²) < 4.78 is 4.83. The predicted octanol–water partition coefficient (Wildman–Crippen LogP) is 0.444. The van der Waals surface area contributed by atoms with Crippen molar-refractivity contribution in [1.29, 1.82) is 0 Å². The molecule has 1 aromatic rings. The van der Waals surface area contributed by atoms with Gasteiger partial charge in [-0.3, -0.25) is 10.1 Å². The van der Waals surface area contributed by atoms with Gasteiger partial charge in [-0.2, -0.15) is 4.98 Å². The average Bonchev–Trinajstić information content (AvgIpc) is 2.03. The molecule has 0 saturated carbocycles. The Morgan fingerprint density at radius 2 is 2.42 bits per heavy atom. The van der Waals surface area contributed by atoms with Crippen LogP contribution in [0.1, 0.15) is 6.92 Å². The van der Waals surface area contributed by atoms with Crippen molar-refractivity contribution in [1.82, 2.24) is 9.97 Å². The summed E-state index contributed by atoms with van der Waals surface area (Å²) in [6, 6.07) is 1.60. The molecule has 5 nitrogen and oxygen atoms in total. The van der Waals surface area contributed by atoms with Gasteiger partial charge in [0.25, 0.3) is 0 Å². The van der Waals surface area contributed by atoms with E-state index < -0.39 is 0 Å². The first kappa shape index (κ1) is 8.45. The molecule has 0 aliphatic carbocycles. The van der Waals surface area contributed by atoms with Gasteiger partial charge >= 0.3 is 0 Å². The van der Waals surface area contributed by atoms with Crippen molar-refractivity contribution in [2.75, 3.05) is 12.4 Å². The quantitative estimate of drug-likeness (QED) is 0.694. The molecule has 0 spiro atoms. The van der Waals surface area contributed by atoms with Crippen molar-refractivity contribution in [2.24, 2.45) is 0 Å². The third-order valence-electron chi connectivity index (χ3n) is 1.13. The standard InChI is InChI=1S/C7H9N3O2/c1-5(11)9-7-8-4-3-6(10-7)12-2/h3-4H,1-2H3,(H,8,9,10,11). The van der Waals surface area contributed by atoms with E-state index in [4.69, 9.17) is 4.74 Å². The Hall–Kier alpha value is -1.65. The molecule has 0 aliphatic heterocycles. The number of amides is 1. The van der Waals surface area contributed by atoms with Crippen LogP contribution in [0.25, 0.3) is 0 Å². The van der Waals surface area contributed by atoms with E-state index in [1.807, 2.05) is 0 Å². The van der Waals surface area contributed by atoms with E-state index in [0.717, 1.165) is 0 Å². The summed E-state index contributed by atoms with van der Waals surface area (Å²) in [6.07, 6.45) is 1.51. The Kier molecular flexibility index (Phi) is 2.57. The summed E-state index contributed by atoms with van der Waals surface area (Å²) in [7, 11) is 1.50. The summed E-state index contributed by atoms with van der Waals surface area (Å²) in [5, 5.41) is 2.44. The number of carbonyl (C=O) groups excluding carboxylic acids is 1. The number of aromatic nitrogens is 2. The number of nitrogens with zero attached hydrogens (tertiary/aromatic N) is 2. The van der Waals surface area contributed by atoms with Crippen LogP contribution < -0.4 is 10.1 Å². The highest BCUT2D eigenvalue weighted by molar-refractivity contribution is 5.86. The van der Waals surface area contributed by atoms with Crippen LogP contribution in [-0.2, 0) is 4.79 Å². The summed E-state index contributed by atoms with van der Waals surface area (Å²) in [6.45, 7) is 1.39. The Balaban J connectivity index is 2.79. The van der Waals surface area contributed by atoms with Gasteiger partial charge in [-0.1, -0.05) is 0 Å². The smallest absolute Gasteiger partial charge is 0.232 e. The van der Waals surface area contributed by atoms with Gasteiger partial charge in [0.1, 0.15) is 0 Å². The molecule has 0 radical (unpaired) electrons. The van der Waals surface area contributed by atoms with Gasteiger partial charge in [0.05, 0.1) is 7.11 Å². The minimum absolute atomic E-state index is 0.205. The van der Waals surface area contributed by atoms with Crippen LogP contribution in [0.3, 0.4) is 0 Å². The lowest BCUT2D eigenvalue weighted by Gasteiger charge is -2.01. The summed E-state index contributed by atoms with van der Waals surface area (Å²) in [4.78, 5) is 18.3. The van der Waals surface area contributed by atoms with Crippen molar-refractivity contribution in [2.45, 2.75) is 6.92 Å². The fourth-order valence-corrected chi connectivity index (χ4v) is 0.674. The van der Waals surface area contributed by atoms with Gasteiger partial charge in [0.15, 0.2) is 0 Å². The molecule has 5 heteroatoms. The molecule has 1 amide bonds. The average molecular weight is 167 g/mol. The Morgan fingerprint density at radius 3 is 3.00 bits per heavy atom. The summed E-state index contributed by atoms with van der Waals surface area (Å²) in [5.74, 6) is 0.471. The molecule has 0 aromatic carbocycles.